The van der Waals surface area contributed by atoms with Crippen molar-refractivity contribution in [3.63, 3.8) is 0 Å². The molecule has 0 spiro atoms. The Morgan fingerprint density at radius 2 is 1.47 bits per heavy atom. The molecule has 2 heterocycles. The molecule has 0 atom stereocenters. The number of benzene rings is 3. The van der Waals surface area contributed by atoms with Gasteiger partial charge in [-0.3, -0.25) is 0 Å². The average molecular weight is 495 g/mol. The molecule has 0 fully saturated rings. The number of halogens is 1. The highest BCUT2D eigenvalue weighted by Crippen LogP contribution is 2.33. The zero-order chi connectivity index (χ0) is 24.7. The number of pyridine rings is 1. The lowest BCUT2D eigenvalue weighted by molar-refractivity contribution is 0.628. The van der Waals surface area contributed by atoms with Crippen molar-refractivity contribution in [2.24, 2.45) is 0 Å². The fraction of sp³-hybridized carbons (Fsp3) is 0.133. The Morgan fingerprint density at radius 3 is 2.08 bits per heavy atom. The van der Waals surface area contributed by atoms with Gasteiger partial charge in [-0.15, -0.1) is 0 Å². The molecule has 3 aromatic carbocycles. The van der Waals surface area contributed by atoms with E-state index < -0.39 is 0 Å². The van der Waals surface area contributed by atoms with Crippen LogP contribution in [0.15, 0.2) is 108 Å². The first-order valence-corrected chi connectivity index (χ1v) is 13.1. The van der Waals surface area contributed by atoms with Gasteiger partial charge in [0.1, 0.15) is 11.6 Å². The van der Waals surface area contributed by atoms with Crippen LogP contribution < -0.4 is 5.32 Å². The Hall–Kier alpha value is -3.90. The molecule has 0 amide bonds. The highest BCUT2D eigenvalue weighted by atomic mass is 32.2. The van der Waals surface area contributed by atoms with Gasteiger partial charge in [-0.2, -0.15) is 0 Å². The van der Waals surface area contributed by atoms with Crippen molar-refractivity contribution in [1.29, 1.82) is 0 Å². The van der Waals surface area contributed by atoms with Crippen LogP contribution in [0.4, 0.5) is 10.2 Å². The van der Waals surface area contributed by atoms with Crippen LogP contribution in [0.5, 0.6) is 0 Å². The van der Waals surface area contributed by atoms with Gasteiger partial charge in [0, 0.05) is 23.4 Å². The molecule has 2 aromatic heterocycles. The van der Waals surface area contributed by atoms with Gasteiger partial charge in [0.15, 0.2) is 5.16 Å². The van der Waals surface area contributed by atoms with E-state index in [1.165, 1.54) is 23.3 Å². The number of aromatic nitrogens is 3. The van der Waals surface area contributed by atoms with Gasteiger partial charge < -0.3 is 10.3 Å². The molecule has 2 N–H and O–H groups in total. The van der Waals surface area contributed by atoms with Crippen molar-refractivity contribution in [3.05, 3.63) is 120 Å². The van der Waals surface area contributed by atoms with Crippen molar-refractivity contribution in [2.75, 3.05) is 11.6 Å². The van der Waals surface area contributed by atoms with Gasteiger partial charge in [0.25, 0.3) is 0 Å². The summed E-state index contributed by atoms with van der Waals surface area (Å²) in [4.78, 5) is 12.8. The second-order valence-corrected chi connectivity index (χ2v) is 9.42. The third-order valence-electron chi connectivity index (χ3n) is 6.04. The predicted octanol–water partition coefficient (Wildman–Crippen LogP) is 7.27. The van der Waals surface area contributed by atoms with E-state index in [-0.39, 0.29) is 11.9 Å². The number of nitrogens with one attached hydrogen (secondary N) is 2. The summed E-state index contributed by atoms with van der Waals surface area (Å²) in [5.41, 5.74) is 6.06. The Kier molecular flexibility index (Phi) is 7.43. The Labute approximate surface area is 215 Å². The lowest BCUT2D eigenvalue weighted by Gasteiger charge is -2.20. The molecule has 0 unspecified atom stereocenters. The molecule has 0 bridgehead atoms. The van der Waals surface area contributed by atoms with Gasteiger partial charge >= 0.3 is 0 Å². The standard InChI is InChI=1S/C30H27FN4S/c1-36-30-34-28(23-12-14-25(31)15-13-23)29(35-30)24-16-17-32-27(20-24)33-26(18-21-8-4-2-5-9-21)19-22-10-6-3-7-11-22/h2-17,20,26H,18-19H2,1H3,(H,32,33)(H,34,35). The summed E-state index contributed by atoms with van der Waals surface area (Å²) < 4.78 is 13.5. The molecule has 0 saturated heterocycles. The normalized spacial score (nSPS) is 11.1. The van der Waals surface area contributed by atoms with Gasteiger partial charge in [-0.05, 0) is 66.6 Å². The van der Waals surface area contributed by atoms with Crippen LogP contribution in [0.1, 0.15) is 11.1 Å². The molecule has 0 radical (unpaired) electrons. The van der Waals surface area contributed by atoms with Gasteiger partial charge in [0.05, 0.1) is 11.4 Å². The van der Waals surface area contributed by atoms with Crippen molar-refractivity contribution < 1.29 is 4.39 Å². The Bertz CT molecular complexity index is 1360. The number of thioether (sulfide) groups is 1. The minimum absolute atomic E-state index is 0.162. The van der Waals surface area contributed by atoms with Crippen LogP contribution in [-0.4, -0.2) is 27.2 Å². The van der Waals surface area contributed by atoms with Gasteiger partial charge in [-0.25, -0.2) is 14.4 Å². The van der Waals surface area contributed by atoms with E-state index in [2.05, 4.69) is 63.8 Å². The van der Waals surface area contributed by atoms with E-state index >= 15 is 0 Å². The van der Waals surface area contributed by atoms with E-state index in [0.29, 0.717) is 0 Å². The summed E-state index contributed by atoms with van der Waals surface area (Å²) >= 11 is 1.54. The molecule has 4 nitrogen and oxygen atoms in total. The van der Waals surface area contributed by atoms with E-state index in [0.717, 1.165) is 46.3 Å². The van der Waals surface area contributed by atoms with Crippen molar-refractivity contribution in [1.82, 2.24) is 15.0 Å². The molecule has 5 rings (SSSR count). The monoisotopic (exact) mass is 494 g/mol. The SMILES string of the molecule is CSc1nc(-c2ccnc(NC(Cc3ccccc3)Cc3ccccc3)c2)c(-c2ccc(F)cc2)[nH]1. The Morgan fingerprint density at radius 1 is 0.833 bits per heavy atom. The summed E-state index contributed by atoms with van der Waals surface area (Å²) in [6, 6.07) is 31.7. The van der Waals surface area contributed by atoms with Crippen LogP contribution in [0.25, 0.3) is 22.5 Å². The first-order valence-electron chi connectivity index (χ1n) is 11.9. The van der Waals surface area contributed by atoms with E-state index in [4.69, 9.17) is 4.98 Å². The molecular formula is C30H27FN4S. The molecule has 5 aromatic rings. The quantitative estimate of drug-likeness (QED) is 0.212. The highest BCUT2D eigenvalue weighted by Gasteiger charge is 2.16. The molecule has 0 aliphatic carbocycles. The first-order chi connectivity index (χ1) is 17.7. The molecule has 6 heteroatoms. The summed E-state index contributed by atoms with van der Waals surface area (Å²) in [6.45, 7) is 0. The molecule has 0 saturated carbocycles. The zero-order valence-corrected chi connectivity index (χ0v) is 20.8. The topological polar surface area (TPSA) is 53.6 Å². The zero-order valence-electron chi connectivity index (χ0n) is 20.0. The second-order valence-electron chi connectivity index (χ2n) is 8.63. The number of aromatic amines is 1. The number of nitrogens with zero attached hydrogens (tertiary/aromatic N) is 2. The van der Waals surface area contributed by atoms with Crippen molar-refractivity contribution in [2.45, 2.75) is 24.0 Å². The lowest BCUT2D eigenvalue weighted by Crippen LogP contribution is -2.25. The largest absolute Gasteiger partial charge is 0.367 e. The maximum atomic E-state index is 13.5. The summed E-state index contributed by atoms with van der Waals surface area (Å²) in [5.74, 6) is 0.534. The molecule has 36 heavy (non-hydrogen) atoms. The number of rotatable bonds is 9. The number of hydrogen-bond acceptors (Lipinski definition) is 4. The molecule has 180 valence electrons. The average Bonchev–Trinajstić information content (AvgIpc) is 3.35. The minimum atomic E-state index is -0.261. The van der Waals surface area contributed by atoms with Crippen LogP contribution in [0.3, 0.4) is 0 Å². The smallest absolute Gasteiger partial charge is 0.166 e. The third-order valence-corrected chi connectivity index (χ3v) is 6.62. The summed E-state index contributed by atoms with van der Waals surface area (Å²) in [5, 5.41) is 4.48. The maximum absolute atomic E-state index is 13.5. The number of H-pyrrole nitrogens is 1. The van der Waals surface area contributed by atoms with Crippen molar-refractivity contribution >= 4 is 17.6 Å². The highest BCUT2D eigenvalue weighted by molar-refractivity contribution is 7.98. The summed E-state index contributed by atoms with van der Waals surface area (Å²) in [6.07, 6.45) is 5.54. The van der Waals surface area contributed by atoms with Gasteiger partial charge in [0.2, 0.25) is 0 Å². The molecule has 0 aliphatic heterocycles. The maximum Gasteiger partial charge on any atom is 0.166 e. The summed E-state index contributed by atoms with van der Waals surface area (Å²) in [7, 11) is 0. The van der Waals surface area contributed by atoms with Crippen molar-refractivity contribution in [3.8, 4) is 22.5 Å². The van der Waals surface area contributed by atoms with Crippen LogP contribution in [0, 0.1) is 5.82 Å². The van der Waals surface area contributed by atoms with Gasteiger partial charge in [-0.1, -0.05) is 72.4 Å². The van der Waals surface area contributed by atoms with E-state index in [1.807, 2.05) is 36.7 Å². The third kappa shape index (κ3) is 5.83. The predicted molar refractivity (Wildman–Crippen MR) is 147 cm³/mol. The Balaban J connectivity index is 1.45. The lowest BCUT2D eigenvalue weighted by atomic mass is 9.99. The molecule has 0 aliphatic rings. The first kappa shape index (κ1) is 23.8. The second kappa shape index (κ2) is 11.2. The minimum Gasteiger partial charge on any atom is -0.367 e. The van der Waals surface area contributed by atoms with Crippen LogP contribution in [-0.2, 0) is 12.8 Å². The van der Waals surface area contributed by atoms with Crippen LogP contribution in [0.2, 0.25) is 0 Å². The number of hydrogen-bond donors (Lipinski definition) is 2. The number of anilines is 1. The molecular weight excluding hydrogens is 467 g/mol. The number of imidazole rings is 1. The fourth-order valence-electron chi connectivity index (χ4n) is 4.32. The van der Waals surface area contributed by atoms with E-state index in [1.54, 1.807) is 23.9 Å². The van der Waals surface area contributed by atoms with E-state index in [9.17, 15) is 4.39 Å². The fourth-order valence-corrected chi connectivity index (χ4v) is 4.71. The van der Waals surface area contributed by atoms with Crippen LogP contribution >= 0.6 is 11.8 Å².